The first kappa shape index (κ1) is 21.5. The van der Waals surface area contributed by atoms with E-state index in [1.807, 2.05) is 29.9 Å². The lowest BCUT2D eigenvalue weighted by molar-refractivity contribution is 0.156. The van der Waals surface area contributed by atoms with Gasteiger partial charge in [-0.05, 0) is 29.8 Å². The third-order valence-electron chi connectivity index (χ3n) is 6.27. The smallest absolute Gasteiger partial charge is 0.158 e. The molecular weight excluding hydrogens is 454 g/mol. The van der Waals surface area contributed by atoms with E-state index in [1.165, 1.54) is 18.5 Å². The number of aromatic nitrogens is 4. The van der Waals surface area contributed by atoms with E-state index in [4.69, 9.17) is 9.57 Å². The summed E-state index contributed by atoms with van der Waals surface area (Å²) in [4.78, 5) is 14.5. The Hall–Kier alpha value is -4.05. The number of benzene rings is 2. The summed E-state index contributed by atoms with van der Waals surface area (Å²) in [5.41, 5.74) is 4.50. The van der Waals surface area contributed by atoms with Crippen LogP contribution >= 0.6 is 0 Å². The van der Waals surface area contributed by atoms with Crippen LogP contribution in [0.25, 0.3) is 11.3 Å². The van der Waals surface area contributed by atoms with Crippen LogP contribution in [0.15, 0.2) is 55.0 Å². The molecule has 4 aromatic rings. The number of hydrogen-bond acceptors (Lipinski definition) is 7. The predicted octanol–water partition coefficient (Wildman–Crippen LogP) is 4.72. The lowest BCUT2D eigenvalue weighted by atomic mass is 10.0. The average molecular weight is 476 g/mol. The average Bonchev–Trinajstić information content (AvgIpc) is 3.60. The summed E-state index contributed by atoms with van der Waals surface area (Å²) in [5, 5.41) is 9.18. The molecule has 6 rings (SSSR count). The van der Waals surface area contributed by atoms with E-state index >= 15 is 0 Å². The molecule has 1 saturated heterocycles. The van der Waals surface area contributed by atoms with Gasteiger partial charge in [0.2, 0.25) is 0 Å². The molecule has 0 spiro atoms. The fourth-order valence-corrected chi connectivity index (χ4v) is 4.71. The van der Waals surface area contributed by atoms with E-state index < -0.39 is 11.6 Å². The molecule has 0 bridgehead atoms. The maximum Gasteiger partial charge on any atom is 0.158 e. The van der Waals surface area contributed by atoms with Crippen molar-refractivity contribution in [2.24, 2.45) is 7.05 Å². The highest BCUT2D eigenvalue weighted by Crippen LogP contribution is 2.42. The van der Waals surface area contributed by atoms with E-state index in [-0.39, 0.29) is 6.04 Å². The van der Waals surface area contributed by atoms with Crippen LogP contribution in [0.2, 0.25) is 0 Å². The monoisotopic (exact) mass is 476 g/mol. The van der Waals surface area contributed by atoms with Crippen molar-refractivity contribution in [3.8, 4) is 17.0 Å². The van der Waals surface area contributed by atoms with Crippen molar-refractivity contribution < 1.29 is 18.4 Å². The van der Waals surface area contributed by atoms with Crippen LogP contribution in [0.1, 0.15) is 23.6 Å². The molecule has 1 N–H and O–H groups in total. The first-order valence-electron chi connectivity index (χ1n) is 11.3. The van der Waals surface area contributed by atoms with Crippen LogP contribution in [-0.4, -0.2) is 33.0 Å². The highest BCUT2D eigenvalue weighted by atomic mass is 19.1. The van der Waals surface area contributed by atoms with Crippen LogP contribution in [0.3, 0.4) is 0 Å². The van der Waals surface area contributed by atoms with Gasteiger partial charge in [0.25, 0.3) is 0 Å². The molecule has 2 aliphatic rings. The normalized spacial score (nSPS) is 16.9. The van der Waals surface area contributed by atoms with Crippen LogP contribution in [-0.2, 0) is 18.3 Å². The molecule has 2 aromatic heterocycles. The summed E-state index contributed by atoms with van der Waals surface area (Å²) >= 11 is 0. The molecule has 4 heterocycles. The van der Waals surface area contributed by atoms with Crippen molar-refractivity contribution in [3.63, 3.8) is 0 Å². The largest absolute Gasteiger partial charge is 0.491 e. The van der Waals surface area contributed by atoms with Gasteiger partial charge in [-0.15, -0.1) is 0 Å². The topological polar surface area (TPSA) is 77.3 Å². The maximum absolute atomic E-state index is 13.8. The Bertz CT molecular complexity index is 1390. The zero-order valence-corrected chi connectivity index (χ0v) is 18.9. The Morgan fingerprint density at radius 2 is 1.89 bits per heavy atom. The summed E-state index contributed by atoms with van der Waals surface area (Å²) in [6, 6.07) is 10.9. The summed E-state index contributed by atoms with van der Waals surface area (Å²) in [7, 11) is 1.91. The van der Waals surface area contributed by atoms with Crippen molar-refractivity contribution in [1.29, 1.82) is 0 Å². The van der Waals surface area contributed by atoms with Crippen LogP contribution in [0.4, 0.5) is 26.1 Å². The lowest BCUT2D eigenvalue weighted by Crippen LogP contribution is -2.22. The molecule has 1 unspecified atom stereocenters. The first-order valence-corrected chi connectivity index (χ1v) is 11.3. The molecule has 1 fully saturated rings. The maximum atomic E-state index is 13.8. The minimum atomic E-state index is -0.625. The molecule has 8 nitrogen and oxygen atoms in total. The summed E-state index contributed by atoms with van der Waals surface area (Å²) in [6.45, 7) is 1.01. The highest BCUT2D eigenvalue weighted by Gasteiger charge is 2.30. The van der Waals surface area contributed by atoms with E-state index in [9.17, 15) is 8.78 Å². The van der Waals surface area contributed by atoms with E-state index in [1.54, 1.807) is 17.3 Å². The van der Waals surface area contributed by atoms with Crippen LogP contribution in [0, 0.1) is 11.6 Å². The molecule has 0 amide bonds. The van der Waals surface area contributed by atoms with Crippen LogP contribution in [0.5, 0.6) is 5.75 Å². The molecule has 178 valence electrons. The number of hydrogen-bond donors (Lipinski definition) is 1. The number of nitrogens with one attached hydrogen (secondary N) is 1. The number of nitrogens with zero attached hydrogens (tertiary/aromatic N) is 5. The van der Waals surface area contributed by atoms with E-state index in [0.717, 1.165) is 40.7 Å². The molecule has 2 aromatic carbocycles. The minimum Gasteiger partial charge on any atom is -0.491 e. The zero-order chi connectivity index (χ0) is 23.9. The molecule has 10 heteroatoms. The summed E-state index contributed by atoms with van der Waals surface area (Å²) in [6.07, 6.45) is 4.58. The second kappa shape index (κ2) is 8.62. The predicted molar refractivity (Wildman–Crippen MR) is 125 cm³/mol. The van der Waals surface area contributed by atoms with Crippen molar-refractivity contribution in [1.82, 2.24) is 19.7 Å². The Balaban J connectivity index is 1.29. The van der Waals surface area contributed by atoms with Gasteiger partial charge in [-0.1, -0.05) is 6.07 Å². The van der Waals surface area contributed by atoms with Gasteiger partial charge in [-0.25, -0.2) is 23.8 Å². The van der Waals surface area contributed by atoms with Crippen molar-refractivity contribution >= 4 is 17.3 Å². The molecule has 35 heavy (non-hydrogen) atoms. The fourth-order valence-electron chi connectivity index (χ4n) is 4.71. The van der Waals surface area contributed by atoms with Gasteiger partial charge in [0.05, 0.1) is 30.6 Å². The van der Waals surface area contributed by atoms with Gasteiger partial charge < -0.3 is 10.1 Å². The van der Waals surface area contributed by atoms with Crippen molar-refractivity contribution in [2.75, 3.05) is 23.6 Å². The fraction of sp³-hybridized carbons (Fsp3) is 0.240. The van der Waals surface area contributed by atoms with Gasteiger partial charge in [-0.3, -0.25) is 9.52 Å². The Kier molecular flexibility index (Phi) is 5.29. The third kappa shape index (κ3) is 3.95. The number of aryl methyl sites for hydroxylation is 1. The van der Waals surface area contributed by atoms with Gasteiger partial charge in [0.1, 0.15) is 29.5 Å². The van der Waals surface area contributed by atoms with Gasteiger partial charge in [-0.2, -0.15) is 5.10 Å². The number of rotatable bonds is 5. The molecule has 0 aliphatic carbocycles. The minimum absolute atomic E-state index is 0.367. The van der Waals surface area contributed by atoms with E-state index in [0.29, 0.717) is 36.8 Å². The molecule has 2 aliphatic heterocycles. The standard InChI is InChI=1S/C25H22F2N6O2/c1-32-22(4-7-30-32)18-2-3-20(25-19(18)5-8-34-25)31-23-13-24(29-14-28-23)33-21(6-9-35-33)15-10-16(26)12-17(27)11-15/h2-4,7,10-14,21H,5-6,8-9H2,1H3,(H,28,29,31). The molecule has 0 saturated carbocycles. The quantitative estimate of drug-likeness (QED) is 0.447. The summed E-state index contributed by atoms with van der Waals surface area (Å²) < 4.78 is 35.4. The third-order valence-corrected chi connectivity index (χ3v) is 6.27. The van der Waals surface area contributed by atoms with Crippen molar-refractivity contribution in [2.45, 2.75) is 18.9 Å². The van der Waals surface area contributed by atoms with Gasteiger partial charge in [0, 0.05) is 49.3 Å². The second-order valence-electron chi connectivity index (χ2n) is 8.46. The molecule has 1 atom stereocenters. The summed E-state index contributed by atoms with van der Waals surface area (Å²) in [5.74, 6) is 0.564. The number of anilines is 3. The highest BCUT2D eigenvalue weighted by molar-refractivity contribution is 5.77. The SMILES string of the molecule is Cn1nccc1-c1ccc(Nc2cc(N3OCCC3c3cc(F)cc(F)c3)ncn2)c2c1CCO2. The van der Waals surface area contributed by atoms with Crippen molar-refractivity contribution in [3.05, 3.63) is 77.8 Å². The zero-order valence-electron chi connectivity index (χ0n) is 18.9. The lowest BCUT2D eigenvalue weighted by Gasteiger charge is -2.24. The molecule has 0 radical (unpaired) electrons. The Labute approximate surface area is 200 Å². The van der Waals surface area contributed by atoms with E-state index in [2.05, 4.69) is 20.4 Å². The Morgan fingerprint density at radius 3 is 2.69 bits per heavy atom. The first-order chi connectivity index (χ1) is 17.1. The molecular formula is C25H22F2N6O2. The number of hydroxylamine groups is 1. The van der Waals surface area contributed by atoms with Crippen LogP contribution < -0.4 is 15.1 Å². The second-order valence-corrected chi connectivity index (χ2v) is 8.46. The number of ether oxygens (including phenoxy) is 1. The Morgan fingerprint density at radius 1 is 1.03 bits per heavy atom. The van der Waals surface area contributed by atoms with Gasteiger partial charge >= 0.3 is 0 Å². The van der Waals surface area contributed by atoms with Gasteiger partial charge in [0.15, 0.2) is 5.82 Å². The number of fused-ring (bicyclic) bond motifs is 1. The number of halogens is 2.